The molecule has 0 aliphatic heterocycles. The van der Waals surface area contributed by atoms with Crippen molar-refractivity contribution >= 4 is 5.69 Å². The standard InChI is InChI=1S/C16H19NO/c1-12-5-9-15(10-6-12)18-16-11-14(17(3)4)8-7-13(16)2/h5-11H,1-4H3. The highest BCUT2D eigenvalue weighted by Crippen LogP contribution is 2.28. The van der Waals surface area contributed by atoms with Crippen molar-refractivity contribution in [3.8, 4) is 11.5 Å². The summed E-state index contributed by atoms with van der Waals surface area (Å²) in [6, 6.07) is 14.3. The van der Waals surface area contributed by atoms with Gasteiger partial charge < -0.3 is 9.64 Å². The van der Waals surface area contributed by atoms with E-state index in [-0.39, 0.29) is 0 Å². The second-order valence-corrected chi connectivity index (χ2v) is 4.76. The molecule has 0 atom stereocenters. The van der Waals surface area contributed by atoms with Gasteiger partial charge in [0.2, 0.25) is 0 Å². The number of benzene rings is 2. The third kappa shape index (κ3) is 2.83. The summed E-state index contributed by atoms with van der Waals surface area (Å²) in [5.41, 5.74) is 3.52. The number of rotatable bonds is 3. The van der Waals surface area contributed by atoms with E-state index in [0.29, 0.717) is 0 Å². The molecule has 0 fully saturated rings. The zero-order chi connectivity index (χ0) is 13.1. The number of anilines is 1. The van der Waals surface area contributed by atoms with Gasteiger partial charge in [-0.2, -0.15) is 0 Å². The van der Waals surface area contributed by atoms with Crippen molar-refractivity contribution in [2.24, 2.45) is 0 Å². The van der Waals surface area contributed by atoms with Gasteiger partial charge in [0.25, 0.3) is 0 Å². The lowest BCUT2D eigenvalue weighted by Gasteiger charge is -2.15. The minimum absolute atomic E-state index is 0.875. The molecule has 0 unspecified atom stereocenters. The molecule has 0 radical (unpaired) electrons. The van der Waals surface area contributed by atoms with Crippen LogP contribution in [0.2, 0.25) is 0 Å². The molecule has 0 aromatic heterocycles. The number of ether oxygens (including phenoxy) is 1. The van der Waals surface area contributed by atoms with Crippen molar-refractivity contribution in [3.63, 3.8) is 0 Å². The molecule has 0 bridgehead atoms. The quantitative estimate of drug-likeness (QED) is 0.800. The first-order chi connectivity index (χ1) is 8.56. The van der Waals surface area contributed by atoms with Gasteiger partial charge in [-0.15, -0.1) is 0 Å². The second kappa shape index (κ2) is 5.13. The fraction of sp³-hybridized carbons (Fsp3) is 0.250. The lowest BCUT2D eigenvalue weighted by molar-refractivity contribution is 0.479. The summed E-state index contributed by atoms with van der Waals surface area (Å²) in [6.45, 7) is 4.13. The van der Waals surface area contributed by atoms with Crippen LogP contribution in [0.25, 0.3) is 0 Å². The van der Waals surface area contributed by atoms with Crippen molar-refractivity contribution in [3.05, 3.63) is 53.6 Å². The van der Waals surface area contributed by atoms with Gasteiger partial charge >= 0.3 is 0 Å². The Bertz CT molecular complexity index is 529. The van der Waals surface area contributed by atoms with Crippen LogP contribution in [-0.4, -0.2) is 14.1 Å². The predicted octanol–water partition coefficient (Wildman–Crippen LogP) is 4.16. The van der Waals surface area contributed by atoms with E-state index in [1.54, 1.807) is 0 Å². The van der Waals surface area contributed by atoms with E-state index in [1.807, 2.05) is 26.2 Å². The molecule has 0 saturated carbocycles. The first-order valence-corrected chi connectivity index (χ1v) is 6.09. The van der Waals surface area contributed by atoms with Crippen molar-refractivity contribution in [1.29, 1.82) is 0 Å². The van der Waals surface area contributed by atoms with Gasteiger partial charge in [-0.1, -0.05) is 23.8 Å². The summed E-state index contributed by atoms with van der Waals surface area (Å²) in [5.74, 6) is 1.78. The summed E-state index contributed by atoms with van der Waals surface area (Å²) in [6.07, 6.45) is 0. The number of hydrogen-bond donors (Lipinski definition) is 0. The van der Waals surface area contributed by atoms with E-state index in [9.17, 15) is 0 Å². The smallest absolute Gasteiger partial charge is 0.132 e. The normalized spacial score (nSPS) is 10.2. The average Bonchev–Trinajstić information content (AvgIpc) is 2.34. The zero-order valence-corrected chi connectivity index (χ0v) is 11.4. The van der Waals surface area contributed by atoms with E-state index in [1.165, 1.54) is 5.56 Å². The molecule has 0 heterocycles. The fourth-order valence-electron chi connectivity index (χ4n) is 1.71. The number of nitrogens with zero attached hydrogens (tertiary/aromatic N) is 1. The molecule has 2 heteroatoms. The van der Waals surface area contributed by atoms with E-state index in [4.69, 9.17) is 4.74 Å². The first kappa shape index (κ1) is 12.5. The molecule has 0 N–H and O–H groups in total. The summed E-state index contributed by atoms with van der Waals surface area (Å²) in [4.78, 5) is 2.07. The van der Waals surface area contributed by atoms with Gasteiger partial charge in [-0.25, -0.2) is 0 Å². The topological polar surface area (TPSA) is 12.5 Å². The average molecular weight is 241 g/mol. The van der Waals surface area contributed by atoms with Crippen molar-refractivity contribution in [2.45, 2.75) is 13.8 Å². The Morgan fingerprint density at radius 1 is 0.889 bits per heavy atom. The molecular weight excluding hydrogens is 222 g/mol. The van der Waals surface area contributed by atoms with E-state index >= 15 is 0 Å². The first-order valence-electron chi connectivity index (χ1n) is 6.09. The molecule has 0 spiro atoms. The maximum atomic E-state index is 5.93. The third-order valence-electron chi connectivity index (χ3n) is 2.94. The summed E-state index contributed by atoms with van der Waals surface area (Å²) < 4.78 is 5.93. The Balaban J connectivity index is 2.27. The molecule has 0 aliphatic rings. The summed E-state index contributed by atoms with van der Waals surface area (Å²) in [7, 11) is 4.06. The van der Waals surface area contributed by atoms with Crippen LogP contribution in [0.5, 0.6) is 11.5 Å². The van der Waals surface area contributed by atoms with Crippen LogP contribution in [-0.2, 0) is 0 Å². The van der Waals surface area contributed by atoms with Gasteiger partial charge in [0.05, 0.1) is 0 Å². The van der Waals surface area contributed by atoms with Crippen molar-refractivity contribution < 1.29 is 4.74 Å². The Morgan fingerprint density at radius 2 is 1.56 bits per heavy atom. The zero-order valence-electron chi connectivity index (χ0n) is 11.4. The van der Waals surface area contributed by atoms with Gasteiger partial charge in [0.1, 0.15) is 11.5 Å². The van der Waals surface area contributed by atoms with Gasteiger partial charge in [0, 0.05) is 25.8 Å². The fourth-order valence-corrected chi connectivity index (χ4v) is 1.71. The Labute approximate surface area is 109 Å². The summed E-state index contributed by atoms with van der Waals surface area (Å²) in [5, 5.41) is 0. The van der Waals surface area contributed by atoms with Crippen molar-refractivity contribution in [2.75, 3.05) is 19.0 Å². The second-order valence-electron chi connectivity index (χ2n) is 4.76. The van der Waals surface area contributed by atoms with Crippen LogP contribution < -0.4 is 9.64 Å². The molecular formula is C16H19NO. The molecule has 94 valence electrons. The molecule has 0 amide bonds. The Kier molecular flexibility index (Phi) is 3.56. The predicted molar refractivity (Wildman–Crippen MR) is 76.8 cm³/mol. The number of hydrogen-bond acceptors (Lipinski definition) is 2. The van der Waals surface area contributed by atoms with Crippen molar-refractivity contribution in [1.82, 2.24) is 0 Å². The van der Waals surface area contributed by atoms with Crippen LogP contribution in [0.15, 0.2) is 42.5 Å². The van der Waals surface area contributed by atoms with E-state index in [2.05, 4.69) is 49.1 Å². The lowest BCUT2D eigenvalue weighted by Crippen LogP contribution is -2.08. The van der Waals surface area contributed by atoms with Crippen LogP contribution >= 0.6 is 0 Å². The van der Waals surface area contributed by atoms with Crippen LogP contribution in [0, 0.1) is 13.8 Å². The molecule has 0 saturated heterocycles. The Hall–Kier alpha value is -1.96. The van der Waals surface area contributed by atoms with Gasteiger partial charge in [-0.05, 0) is 37.6 Å². The molecule has 2 aromatic rings. The minimum Gasteiger partial charge on any atom is -0.457 e. The SMILES string of the molecule is Cc1ccc(Oc2cc(N(C)C)ccc2C)cc1. The monoisotopic (exact) mass is 241 g/mol. The van der Waals surface area contributed by atoms with E-state index in [0.717, 1.165) is 22.7 Å². The largest absolute Gasteiger partial charge is 0.457 e. The highest BCUT2D eigenvalue weighted by atomic mass is 16.5. The van der Waals surface area contributed by atoms with Gasteiger partial charge in [0.15, 0.2) is 0 Å². The maximum Gasteiger partial charge on any atom is 0.132 e. The summed E-state index contributed by atoms with van der Waals surface area (Å²) >= 11 is 0. The Morgan fingerprint density at radius 3 is 2.17 bits per heavy atom. The molecule has 2 aromatic carbocycles. The maximum absolute atomic E-state index is 5.93. The molecule has 18 heavy (non-hydrogen) atoms. The van der Waals surface area contributed by atoms with Crippen LogP contribution in [0.1, 0.15) is 11.1 Å². The molecule has 2 nitrogen and oxygen atoms in total. The lowest BCUT2D eigenvalue weighted by atomic mass is 10.2. The van der Waals surface area contributed by atoms with Crippen LogP contribution in [0.3, 0.4) is 0 Å². The minimum atomic E-state index is 0.875. The molecule has 2 rings (SSSR count). The van der Waals surface area contributed by atoms with E-state index < -0.39 is 0 Å². The van der Waals surface area contributed by atoms with Gasteiger partial charge in [-0.3, -0.25) is 0 Å². The third-order valence-corrected chi connectivity index (χ3v) is 2.94. The highest BCUT2D eigenvalue weighted by Gasteiger charge is 2.04. The van der Waals surface area contributed by atoms with Crippen LogP contribution in [0.4, 0.5) is 5.69 Å². The highest BCUT2D eigenvalue weighted by molar-refractivity contribution is 5.53. The number of aryl methyl sites for hydroxylation is 2. The molecule has 0 aliphatic carbocycles.